The van der Waals surface area contributed by atoms with Gasteiger partial charge in [-0.2, -0.15) is 0 Å². The Morgan fingerprint density at radius 3 is 2.71 bits per heavy atom. The van der Waals surface area contributed by atoms with Gasteiger partial charge in [-0.3, -0.25) is 9.36 Å². The van der Waals surface area contributed by atoms with Crippen LogP contribution in [0.1, 0.15) is 19.9 Å². The van der Waals surface area contributed by atoms with Crippen LogP contribution in [0, 0.1) is 0 Å². The van der Waals surface area contributed by atoms with Crippen LogP contribution in [0.2, 0.25) is 0 Å². The third-order valence-corrected chi connectivity index (χ3v) is 4.64. The van der Waals surface area contributed by atoms with Crippen LogP contribution in [-0.2, 0) is 4.79 Å². The van der Waals surface area contributed by atoms with Gasteiger partial charge < -0.3 is 14.6 Å². The van der Waals surface area contributed by atoms with Crippen LogP contribution < -0.4 is 15.4 Å². The molecule has 3 aromatic rings. The molecule has 7 heteroatoms. The molecule has 0 N–H and O–H groups in total. The van der Waals surface area contributed by atoms with E-state index in [9.17, 15) is 14.7 Å². The van der Waals surface area contributed by atoms with Crippen LogP contribution in [0.5, 0.6) is 5.75 Å². The number of benzene rings is 1. The Hall–Kier alpha value is -2.67. The van der Waals surface area contributed by atoms with Crippen LogP contribution in [0.4, 0.5) is 0 Å². The molecule has 2 aromatic heterocycles. The van der Waals surface area contributed by atoms with Gasteiger partial charge in [0.2, 0.25) is 0 Å². The predicted molar refractivity (Wildman–Crippen MR) is 90.2 cm³/mol. The summed E-state index contributed by atoms with van der Waals surface area (Å²) >= 11 is 1.35. The fourth-order valence-electron chi connectivity index (χ4n) is 2.44. The second-order valence-electron chi connectivity index (χ2n) is 5.24. The minimum absolute atomic E-state index is 0.387. The summed E-state index contributed by atoms with van der Waals surface area (Å²) in [7, 11) is 0. The molecule has 0 fully saturated rings. The lowest BCUT2D eigenvalue weighted by Crippen LogP contribution is -2.36. The maximum atomic E-state index is 12.7. The number of rotatable bonds is 5. The Balaban J connectivity index is 2.14. The summed E-state index contributed by atoms with van der Waals surface area (Å²) < 4.78 is 6.50. The third-order valence-electron chi connectivity index (χ3n) is 3.75. The molecular weight excluding hydrogens is 328 g/mol. The number of hydrogen-bond acceptors (Lipinski definition) is 6. The number of aromatic nitrogens is 2. The first-order valence-electron chi connectivity index (χ1n) is 7.45. The molecule has 0 unspecified atom stereocenters. The van der Waals surface area contributed by atoms with Crippen LogP contribution in [-0.4, -0.2) is 22.1 Å². The van der Waals surface area contributed by atoms with Gasteiger partial charge in [-0.25, -0.2) is 4.98 Å². The predicted octanol–water partition coefficient (Wildman–Crippen LogP) is 1.83. The quantitative estimate of drug-likeness (QED) is 0.706. The summed E-state index contributed by atoms with van der Waals surface area (Å²) in [6.07, 6.45) is 1.25. The Labute approximate surface area is 142 Å². The van der Waals surface area contributed by atoms with E-state index in [4.69, 9.17) is 4.74 Å². The normalized spacial score (nSPS) is 12.2. The van der Waals surface area contributed by atoms with E-state index in [0.717, 1.165) is 21.4 Å². The fraction of sp³-hybridized carbons (Fsp3) is 0.235. The van der Waals surface area contributed by atoms with Crippen LogP contribution in [0.25, 0.3) is 21.3 Å². The van der Waals surface area contributed by atoms with Crippen LogP contribution in [0.3, 0.4) is 0 Å². The average Bonchev–Trinajstić information content (AvgIpc) is 3.00. The number of carbonyl (C=O) groups excluding carboxylic acids is 1. The standard InChI is InChI=1S/C17H16N2O4S/c1-3-23-12-6-4-11(5-7-12)13-8-24-15-14(13)16(20)19(9-18-15)10(2)17(21)22/h4-10H,3H2,1-2H3,(H,21,22)/p-1/t10-/m0/s1. The van der Waals surface area contributed by atoms with Crippen molar-refractivity contribution in [2.45, 2.75) is 19.9 Å². The van der Waals surface area contributed by atoms with Gasteiger partial charge in [0.05, 0.1) is 30.3 Å². The van der Waals surface area contributed by atoms with Crippen molar-refractivity contribution in [2.75, 3.05) is 6.61 Å². The summed E-state index contributed by atoms with van der Waals surface area (Å²) in [4.78, 5) is 28.6. The lowest BCUT2D eigenvalue weighted by molar-refractivity contribution is -0.309. The molecule has 0 bridgehead atoms. The monoisotopic (exact) mass is 343 g/mol. The highest BCUT2D eigenvalue weighted by atomic mass is 32.1. The summed E-state index contributed by atoms with van der Waals surface area (Å²) in [6.45, 7) is 3.89. The number of nitrogens with zero attached hydrogens (tertiary/aromatic N) is 2. The molecule has 1 atom stereocenters. The van der Waals surface area contributed by atoms with E-state index in [2.05, 4.69) is 4.98 Å². The van der Waals surface area contributed by atoms with Gasteiger partial charge in [-0.15, -0.1) is 11.3 Å². The Bertz CT molecular complexity index is 943. The summed E-state index contributed by atoms with van der Waals surface area (Å²) in [6, 6.07) is 6.32. The van der Waals surface area contributed by atoms with E-state index in [1.165, 1.54) is 24.6 Å². The second kappa shape index (κ2) is 6.45. The zero-order chi connectivity index (χ0) is 17.3. The molecule has 0 spiro atoms. The molecule has 0 radical (unpaired) electrons. The van der Waals surface area contributed by atoms with E-state index in [0.29, 0.717) is 16.8 Å². The lowest BCUT2D eigenvalue weighted by atomic mass is 10.1. The maximum absolute atomic E-state index is 12.7. The SMILES string of the molecule is CCOc1ccc(-c2csc3ncn([C@@H](C)C(=O)[O-])c(=O)c23)cc1. The van der Waals surface area contributed by atoms with Gasteiger partial charge in [-0.05, 0) is 31.5 Å². The third kappa shape index (κ3) is 2.78. The van der Waals surface area contributed by atoms with E-state index in [-0.39, 0.29) is 5.56 Å². The first-order chi connectivity index (χ1) is 11.5. The van der Waals surface area contributed by atoms with Crippen molar-refractivity contribution in [3.63, 3.8) is 0 Å². The van der Waals surface area contributed by atoms with Gasteiger partial charge in [0.25, 0.3) is 5.56 Å². The Morgan fingerprint density at radius 1 is 1.38 bits per heavy atom. The molecule has 0 amide bonds. The van der Waals surface area contributed by atoms with Crippen LogP contribution >= 0.6 is 11.3 Å². The summed E-state index contributed by atoms with van der Waals surface area (Å²) in [5, 5.41) is 13.3. The largest absolute Gasteiger partial charge is 0.548 e. The molecule has 6 nitrogen and oxygen atoms in total. The van der Waals surface area contributed by atoms with Crippen molar-refractivity contribution in [1.82, 2.24) is 9.55 Å². The minimum Gasteiger partial charge on any atom is -0.548 e. The molecule has 24 heavy (non-hydrogen) atoms. The number of thiophene rings is 1. The molecule has 0 saturated heterocycles. The number of ether oxygens (including phenoxy) is 1. The van der Waals surface area contributed by atoms with Gasteiger partial charge in [0.1, 0.15) is 10.6 Å². The van der Waals surface area contributed by atoms with E-state index in [1.807, 2.05) is 36.6 Å². The Morgan fingerprint density at radius 2 is 2.08 bits per heavy atom. The molecular formula is C17H15N2O4S-. The molecule has 2 heterocycles. The fourth-order valence-corrected chi connectivity index (χ4v) is 3.35. The number of carboxylic acids is 1. The van der Waals surface area contributed by atoms with E-state index in [1.54, 1.807) is 0 Å². The van der Waals surface area contributed by atoms with Gasteiger partial charge in [0.15, 0.2) is 0 Å². The zero-order valence-electron chi connectivity index (χ0n) is 13.2. The molecule has 1 aromatic carbocycles. The van der Waals surface area contributed by atoms with Crippen molar-refractivity contribution < 1.29 is 14.6 Å². The van der Waals surface area contributed by atoms with Gasteiger partial charge >= 0.3 is 0 Å². The smallest absolute Gasteiger partial charge is 0.263 e. The number of fused-ring (bicyclic) bond motifs is 1. The van der Waals surface area contributed by atoms with Crippen molar-refractivity contribution in [3.8, 4) is 16.9 Å². The van der Waals surface area contributed by atoms with Crippen molar-refractivity contribution in [3.05, 3.63) is 46.3 Å². The molecule has 0 saturated carbocycles. The number of carboxylic acid groups (broad SMARTS) is 1. The van der Waals surface area contributed by atoms with E-state index < -0.39 is 12.0 Å². The number of aliphatic carboxylic acids is 1. The van der Waals surface area contributed by atoms with Crippen molar-refractivity contribution in [2.24, 2.45) is 0 Å². The molecule has 124 valence electrons. The highest BCUT2D eigenvalue weighted by molar-refractivity contribution is 7.17. The number of hydrogen-bond donors (Lipinski definition) is 0. The zero-order valence-corrected chi connectivity index (χ0v) is 14.0. The van der Waals surface area contributed by atoms with E-state index >= 15 is 0 Å². The Kier molecular flexibility index (Phi) is 4.35. The molecule has 0 aliphatic rings. The van der Waals surface area contributed by atoms with Gasteiger partial charge in [-0.1, -0.05) is 12.1 Å². The average molecular weight is 343 g/mol. The minimum atomic E-state index is -1.32. The maximum Gasteiger partial charge on any atom is 0.263 e. The lowest BCUT2D eigenvalue weighted by Gasteiger charge is -2.15. The second-order valence-corrected chi connectivity index (χ2v) is 6.10. The molecule has 0 aliphatic heterocycles. The summed E-state index contributed by atoms with van der Waals surface area (Å²) in [5.74, 6) is -0.571. The number of carbonyl (C=O) groups is 1. The van der Waals surface area contributed by atoms with Gasteiger partial charge in [0, 0.05) is 10.9 Å². The highest BCUT2D eigenvalue weighted by Crippen LogP contribution is 2.31. The highest BCUT2D eigenvalue weighted by Gasteiger charge is 2.16. The molecule has 0 aliphatic carbocycles. The summed E-state index contributed by atoms with van der Waals surface area (Å²) in [5.41, 5.74) is 1.19. The van der Waals surface area contributed by atoms with Crippen molar-refractivity contribution in [1.29, 1.82) is 0 Å². The van der Waals surface area contributed by atoms with Crippen LogP contribution in [0.15, 0.2) is 40.8 Å². The molecule has 3 rings (SSSR count). The first-order valence-corrected chi connectivity index (χ1v) is 8.33. The first kappa shape index (κ1) is 16.2. The topological polar surface area (TPSA) is 84.2 Å². The van der Waals surface area contributed by atoms with Crippen molar-refractivity contribution >= 4 is 27.5 Å².